The molecule has 0 unspecified atom stereocenters. The topological polar surface area (TPSA) is 89.5 Å². The first-order valence-corrected chi connectivity index (χ1v) is 35.7. The minimum absolute atomic E-state index is 0.0546. The molecule has 0 aliphatic carbocycles. The standard InChI is InChI=1S/2C48H30N4O/c53-48-41-30-49-47(29-38(41)35-17-7-11-21-43(35)51(48)34-15-5-2-6-16-34)52-44-22-12-9-19-37(44)40-28-32(24-26-46(40)52)31-23-25-45-39(27-31)36-18-8-10-20-42(36)50(45)33-13-3-1-4-14-33;53-48-38-20-8-7-17-35(38)41-29-47(49-30-46(41)51(48)34-15-5-2-6-16-34)52-43-22-12-10-19-37(43)40-28-32(24-26-45(40)52)31-23-25-44-39(27-31)36-18-9-11-21-42(36)50(44)33-13-3-1-4-14-33/h2*1-30H. The summed E-state index contributed by atoms with van der Waals surface area (Å²) in [5.41, 5.74) is 19.1. The van der Waals surface area contributed by atoms with E-state index in [1.807, 2.05) is 109 Å². The minimum atomic E-state index is -0.0836. The Morgan fingerprint density at radius 2 is 0.425 bits per heavy atom. The number of para-hydroxylation sites is 9. The Kier molecular flexibility index (Phi) is 13.7. The van der Waals surface area contributed by atoms with Gasteiger partial charge in [0.2, 0.25) is 0 Å². The van der Waals surface area contributed by atoms with E-state index in [1.54, 1.807) is 15.3 Å². The van der Waals surface area contributed by atoms with E-state index >= 15 is 0 Å². The summed E-state index contributed by atoms with van der Waals surface area (Å²) in [6.07, 6.45) is 3.59. The molecule has 0 aliphatic rings. The van der Waals surface area contributed by atoms with Crippen LogP contribution in [-0.4, -0.2) is 37.4 Å². The van der Waals surface area contributed by atoms with E-state index in [4.69, 9.17) is 9.97 Å². The lowest BCUT2D eigenvalue weighted by molar-refractivity contribution is 1.04. The number of nitrogens with zero attached hydrogens (tertiary/aromatic N) is 8. The van der Waals surface area contributed by atoms with Gasteiger partial charge in [0.05, 0.1) is 66.8 Å². The third-order valence-corrected chi connectivity index (χ3v) is 21.4. The van der Waals surface area contributed by atoms with Crippen LogP contribution in [0.4, 0.5) is 0 Å². The number of fused-ring (bicyclic) bond motifs is 18. The Labute approximate surface area is 605 Å². The fourth-order valence-corrected chi connectivity index (χ4v) is 16.7. The number of rotatable bonds is 8. The summed E-state index contributed by atoms with van der Waals surface area (Å²) in [4.78, 5) is 38.0. The molecule has 0 saturated carbocycles. The van der Waals surface area contributed by atoms with E-state index in [0.717, 1.165) is 127 Å². The number of benzene rings is 14. The molecule has 0 saturated heterocycles. The lowest BCUT2D eigenvalue weighted by Gasteiger charge is -2.15. The molecule has 0 N–H and O–H groups in total. The predicted octanol–water partition coefficient (Wildman–Crippen LogP) is 22.8. The number of hydrogen-bond acceptors (Lipinski definition) is 4. The van der Waals surface area contributed by atoms with Gasteiger partial charge in [-0.15, -0.1) is 0 Å². The van der Waals surface area contributed by atoms with Gasteiger partial charge in [0.15, 0.2) is 0 Å². The second kappa shape index (κ2) is 24.1. The molecule has 8 heterocycles. The van der Waals surface area contributed by atoms with Crippen molar-refractivity contribution >= 4 is 131 Å². The summed E-state index contributed by atoms with van der Waals surface area (Å²) in [5, 5.41) is 14.6. The van der Waals surface area contributed by atoms with Crippen LogP contribution in [0.1, 0.15) is 0 Å². The van der Waals surface area contributed by atoms with E-state index in [-0.39, 0.29) is 11.1 Å². The molecule has 0 bridgehead atoms. The lowest BCUT2D eigenvalue weighted by atomic mass is 10.0. The van der Waals surface area contributed by atoms with Crippen molar-refractivity contribution in [3.63, 3.8) is 0 Å². The van der Waals surface area contributed by atoms with Gasteiger partial charge in [0.25, 0.3) is 11.1 Å². The third kappa shape index (κ3) is 9.38. The highest BCUT2D eigenvalue weighted by Crippen LogP contribution is 2.42. The molecule has 0 radical (unpaired) electrons. The van der Waals surface area contributed by atoms with Gasteiger partial charge < -0.3 is 9.13 Å². The Hall–Kier alpha value is -14.5. The Morgan fingerprint density at radius 3 is 0.821 bits per heavy atom. The van der Waals surface area contributed by atoms with E-state index in [1.165, 1.54) is 49.2 Å². The molecule has 0 fully saturated rings. The molecule has 106 heavy (non-hydrogen) atoms. The summed E-state index contributed by atoms with van der Waals surface area (Å²) >= 11 is 0. The highest BCUT2D eigenvalue weighted by Gasteiger charge is 2.23. The number of aromatic nitrogens is 8. The summed E-state index contributed by atoms with van der Waals surface area (Å²) in [5.74, 6) is 1.57. The molecule has 496 valence electrons. The van der Waals surface area contributed by atoms with Gasteiger partial charge in [-0.2, -0.15) is 0 Å². The average Bonchev–Trinajstić information content (AvgIpc) is 1.15. The molecule has 10 heteroatoms. The normalized spacial score (nSPS) is 11.8. The van der Waals surface area contributed by atoms with Crippen LogP contribution in [0.15, 0.2) is 374 Å². The van der Waals surface area contributed by atoms with E-state index in [2.05, 4.69) is 267 Å². The Morgan fingerprint density at radius 1 is 0.170 bits per heavy atom. The van der Waals surface area contributed by atoms with E-state index in [9.17, 15) is 9.59 Å². The lowest BCUT2D eigenvalue weighted by Crippen LogP contribution is -2.19. The van der Waals surface area contributed by atoms with Crippen molar-refractivity contribution < 1.29 is 0 Å². The zero-order valence-corrected chi connectivity index (χ0v) is 57.0. The van der Waals surface area contributed by atoms with Gasteiger partial charge in [-0.1, -0.05) is 206 Å². The van der Waals surface area contributed by atoms with Gasteiger partial charge in [-0.25, -0.2) is 9.97 Å². The molecule has 22 aromatic rings. The van der Waals surface area contributed by atoms with Gasteiger partial charge in [-0.3, -0.25) is 27.9 Å². The van der Waals surface area contributed by atoms with Crippen molar-refractivity contribution in [1.29, 1.82) is 0 Å². The molecule has 14 aromatic carbocycles. The first kappa shape index (κ1) is 60.3. The van der Waals surface area contributed by atoms with Crippen LogP contribution in [0.5, 0.6) is 0 Å². The second-order valence-electron chi connectivity index (χ2n) is 27.2. The van der Waals surface area contributed by atoms with Crippen LogP contribution in [0, 0.1) is 0 Å². The predicted molar refractivity (Wildman–Crippen MR) is 438 cm³/mol. The maximum atomic E-state index is 14.1. The van der Waals surface area contributed by atoms with Crippen LogP contribution in [-0.2, 0) is 0 Å². The fourth-order valence-electron chi connectivity index (χ4n) is 16.7. The molecule has 22 rings (SSSR count). The van der Waals surface area contributed by atoms with Gasteiger partial charge >= 0.3 is 0 Å². The zero-order valence-electron chi connectivity index (χ0n) is 57.0. The van der Waals surface area contributed by atoms with Crippen molar-refractivity contribution in [2.45, 2.75) is 0 Å². The van der Waals surface area contributed by atoms with Crippen LogP contribution < -0.4 is 11.1 Å². The van der Waals surface area contributed by atoms with E-state index < -0.39 is 0 Å². The van der Waals surface area contributed by atoms with Crippen LogP contribution >= 0.6 is 0 Å². The molecule has 0 spiro atoms. The van der Waals surface area contributed by atoms with Gasteiger partial charge in [0.1, 0.15) is 11.6 Å². The van der Waals surface area contributed by atoms with Crippen LogP contribution in [0.3, 0.4) is 0 Å². The highest BCUT2D eigenvalue weighted by molar-refractivity contribution is 6.16. The molecular formula is C96H60N8O2. The first-order chi connectivity index (χ1) is 52.5. The smallest absolute Gasteiger partial charge is 0.265 e. The van der Waals surface area contributed by atoms with Gasteiger partial charge in [-0.05, 0) is 173 Å². The average molecular weight is 1360 g/mol. The van der Waals surface area contributed by atoms with Gasteiger partial charge in [0, 0.05) is 93.6 Å². The van der Waals surface area contributed by atoms with Crippen LogP contribution in [0.2, 0.25) is 0 Å². The summed E-state index contributed by atoms with van der Waals surface area (Å²) in [7, 11) is 0. The third-order valence-electron chi connectivity index (χ3n) is 21.4. The maximum absolute atomic E-state index is 14.1. The maximum Gasteiger partial charge on any atom is 0.265 e. The Balaban J connectivity index is 0.000000136. The molecule has 10 nitrogen and oxygen atoms in total. The number of hydrogen-bond donors (Lipinski definition) is 0. The SMILES string of the molecule is O=c1c2ccccc2c2cc(-n3c4ccccc4c4cc(-c5ccc6c(c5)c5ccccc5n6-c5ccccc5)ccc43)ncc2n1-c1ccccc1.O=c1c2cnc(-n3c4ccccc4c4cc(-c5ccc6c(c5)c5ccccc5n6-c5ccccc5)ccc43)cc2c2ccccc2n1-c1ccccc1. The summed E-state index contributed by atoms with van der Waals surface area (Å²) in [6.45, 7) is 0. The largest absolute Gasteiger partial charge is 0.309 e. The molecule has 0 amide bonds. The monoisotopic (exact) mass is 1360 g/mol. The summed E-state index contributed by atoms with van der Waals surface area (Å²) in [6, 6.07) is 122. The van der Waals surface area contributed by atoms with Crippen LogP contribution in [0.25, 0.3) is 187 Å². The van der Waals surface area contributed by atoms with Crippen molar-refractivity contribution in [2.24, 2.45) is 0 Å². The molecule has 0 atom stereocenters. The van der Waals surface area contributed by atoms with Crippen molar-refractivity contribution in [3.8, 4) is 56.6 Å². The molecule has 8 aromatic heterocycles. The summed E-state index contributed by atoms with van der Waals surface area (Å²) < 4.78 is 12.7. The minimum Gasteiger partial charge on any atom is -0.309 e. The highest BCUT2D eigenvalue weighted by atomic mass is 16.1. The number of pyridine rings is 4. The van der Waals surface area contributed by atoms with Crippen molar-refractivity contribution in [3.05, 3.63) is 385 Å². The second-order valence-corrected chi connectivity index (χ2v) is 27.2. The van der Waals surface area contributed by atoms with Crippen molar-refractivity contribution in [1.82, 2.24) is 37.4 Å². The zero-order chi connectivity index (χ0) is 70.1. The fraction of sp³-hybridized carbons (Fsp3) is 0. The Bertz CT molecular complexity index is 7490. The first-order valence-electron chi connectivity index (χ1n) is 35.7. The molecule has 0 aliphatic heterocycles. The van der Waals surface area contributed by atoms with E-state index in [0.29, 0.717) is 10.8 Å². The van der Waals surface area contributed by atoms with Crippen molar-refractivity contribution in [2.75, 3.05) is 0 Å². The quantitative estimate of drug-likeness (QED) is 0.142. The molecular weight excluding hydrogens is 1300 g/mol.